The summed E-state index contributed by atoms with van der Waals surface area (Å²) in [5.74, 6) is -2.45. The van der Waals surface area contributed by atoms with Gasteiger partial charge in [0.25, 0.3) is 0 Å². The Balaban J connectivity index is 0.944. The summed E-state index contributed by atoms with van der Waals surface area (Å²) in [5.41, 5.74) is 4.79. The average Bonchev–Trinajstić information content (AvgIpc) is 4.00. The first-order valence-corrected chi connectivity index (χ1v) is 23.3. The van der Waals surface area contributed by atoms with Gasteiger partial charge in [0.1, 0.15) is 34.5 Å². The number of halogens is 1. The van der Waals surface area contributed by atoms with Crippen molar-refractivity contribution in [1.29, 1.82) is 0 Å². The SMILES string of the molecule is COc1ccc(OC)c(C=Cc2ccc(N3C(=O)C4CC=C5C(CC6C(=O)N(c7cc(-c8sc9ccc(Cl)cc9c8C)nn7C)C(=O)C6(C)C5C5=COc6ccc(O)cc6C5)C4C3=O)cc2)c1. The number of hydrogen-bond acceptors (Lipinski definition) is 10. The van der Waals surface area contributed by atoms with E-state index in [1.54, 1.807) is 79.9 Å². The molecule has 1 N–H and O–H groups in total. The molecule has 1 saturated carbocycles. The zero-order valence-corrected chi connectivity index (χ0v) is 38.9. The Morgan fingerprint density at radius 3 is 2.48 bits per heavy atom. The van der Waals surface area contributed by atoms with E-state index >= 15 is 9.59 Å². The van der Waals surface area contributed by atoms with Crippen LogP contribution in [0.15, 0.2) is 108 Å². The van der Waals surface area contributed by atoms with Gasteiger partial charge in [-0.05, 0) is 121 Å². The van der Waals surface area contributed by atoms with E-state index in [2.05, 4.69) is 0 Å². The molecule has 0 spiro atoms. The number of fused-ring (bicyclic) bond motifs is 6. The number of carbonyl (C=O) groups is 4. The highest BCUT2D eigenvalue weighted by atomic mass is 35.5. The van der Waals surface area contributed by atoms with Crippen LogP contribution in [0.4, 0.5) is 11.5 Å². The van der Waals surface area contributed by atoms with Crippen molar-refractivity contribution in [3.8, 4) is 33.6 Å². The minimum Gasteiger partial charge on any atom is -0.508 e. The van der Waals surface area contributed by atoms with Gasteiger partial charge in [-0.3, -0.25) is 28.8 Å². The van der Waals surface area contributed by atoms with Crippen LogP contribution in [0.25, 0.3) is 32.8 Å². The zero-order chi connectivity index (χ0) is 46.6. The van der Waals surface area contributed by atoms with Gasteiger partial charge >= 0.3 is 0 Å². The van der Waals surface area contributed by atoms with Crippen LogP contribution in [0.3, 0.4) is 0 Å². The van der Waals surface area contributed by atoms with Crippen molar-refractivity contribution < 1.29 is 38.5 Å². The third kappa shape index (κ3) is 6.57. The van der Waals surface area contributed by atoms with Gasteiger partial charge in [0.15, 0.2) is 0 Å². The van der Waals surface area contributed by atoms with Crippen molar-refractivity contribution in [3.63, 3.8) is 0 Å². The van der Waals surface area contributed by atoms with Crippen LogP contribution in [0.1, 0.15) is 42.0 Å². The molecule has 11 rings (SSSR count). The first-order chi connectivity index (χ1) is 32.3. The number of ether oxygens (including phenoxy) is 3. The molecular weight excluding hydrogens is 888 g/mol. The molecule has 12 nitrogen and oxygen atoms in total. The fourth-order valence-corrected chi connectivity index (χ4v) is 12.7. The summed E-state index contributed by atoms with van der Waals surface area (Å²) in [4.78, 5) is 63.4. The molecule has 14 heteroatoms. The maximum absolute atomic E-state index is 15.4. The van der Waals surface area contributed by atoms with Gasteiger partial charge in [-0.15, -0.1) is 11.3 Å². The molecule has 5 heterocycles. The molecule has 4 amide bonds. The third-order valence-corrected chi connectivity index (χ3v) is 16.2. The van der Waals surface area contributed by atoms with Gasteiger partial charge in [-0.1, -0.05) is 47.5 Å². The number of hydrogen-bond donors (Lipinski definition) is 1. The van der Waals surface area contributed by atoms with Gasteiger partial charge < -0.3 is 19.3 Å². The summed E-state index contributed by atoms with van der Waals surface area (Å²) in [7, 11) is 4.94. The van der Waals surface area contributed by atoms with Crippen LogP contribution in [0.5, 0.6) is 23.0 Å². The van der Waals surface area contributed by atoms with Crippen LogP contribution in [-0.4, -0.2) is 52.7 Å². The van der Waals surface area contributed by atoms with E-state index in [4.69, 9.17) is 30.9 Å². The molecule has 6 unspecified atom stereocenters. The van der Waals surface area contributed by atoms with E-state index in [0.717, 1.165) is 48.4 Å². The second-order valence-corrected chi connectivity index (χ2v) is 19.7. The lowest BCUT2D eigenvalue weighted by atomic mass is 9.51. The van der Waals surface area contributed by atoms with Crippen molar-refractivity contribution in [3.05, 3.63) is 136 Å². The number of allylic oxidation sites excluding steroid dienone is 3. The summed E-state index contributed by atoms with van der Waals surface area (Å²) in [6.45, 7) is 3.87. The van der Waals surface area contributed by atoms with Gasteiger partial charge in [-0.2, -0.15) is 5.10 Å². The lowest BCUT2D eigenvalue weighted by Crippen LogP contribution is -2.51. The Bertz CT molecular complexity index is 3220. The topological polar surface area (TPSA) is 140 Å². The van der Waals surface area contributed by atoms with Crippen molar-refractivity contribution in [2.75, 3.05) is 24.0 Å². The number of imide groups is 2. The summed E-state index contributed by atoms with van der Waals surface area (Å²) in [5, 5.41) is 17.0. The number of aromatic nitrogens is 2. The second kappa shape index (κ2) is 15.8. The Morgan fingerprint density at radius 1 is 0.896 bits per heavy atom. The number of aromatic hydroxyl groups is 1. The molecule has 2 saturated heterocycles. The van der Waals surface area contributed by atoms with E-state index in [9.17, 15) is 14.7 Å². The molecule has 3 aliphatic heterocycles. The summed E-state index contributed by atoms with van der Waals surface area (Å²) < 4.78 is 19.8. The number of amides is 4. The average molecular weight is 933 g/mol. The maximum Gasteiger partial charge on any atom is 0.242 e. The van der Waals surface area contributed by atoms with E-state index in [0.29, 0.717) is 52.3 Å². The summed E-state index contributed by atoms with van der Waals surface area (Å²) >= 11 is 7.93. The first kappa shape index (κ1) is 42.7. The minimum atomic E-state index is -1.30. The minimum absolute atomic E-state index is 0.0764. The number of carbonyl (C=O) groups excluding carboxylic acids is 4. The van der Waals surface area contributed by atoms with Gasteiger partial charge in [-0.25, -0.2) is 4.90 Å². The molecule has 338 valence electrons. The van der Waals surface area contributed by atoms with Crippen LogP contribution in [0, 0.1) is 41.9 Å². The fourth-order valence-electron chi connectivity index (χ4n) is 11.4. The third-order valence-electron chi connectivity index (χ3n) is 14.7. The fraction of sp³-hybridized carbons (Fsp3) is 0.264. The predicted octanol–water partition coefficient (Wildman–Crippen LogP) is 9.94. The van der Waals surface area contributed by atoms with Crippen LogP contribution >= 0.6 is 22.9 Å². The highest BCUT2D eigenvalue weighted by Crippen LogP contribution is 2.63. The van der Waals surface area contributed by atoms with E-state index in [1.807, 2.05) is 80.6 Å². The number of rotatable bonds is 8. The molecule has 0 bridgehead atoms. The molecule has 5 aliphatic rings. The molecule has 6 atom stereocenters. The Kier molecular flexibility index (Phi) is 10.1. The Labute approximate surface area is 395 Å². The van der Waals surface area contributed by atoms with E-state index in [-0.39, 0.29) is 35.8 Å². The standard InChI is InChI=1S/C53H45ClN4O8S/c1-27-38-23-32(54)10-19-44(38)67-48(27)41-25-45(56(3)55-41)58-50(61)40-24-39-36(47(53(40,2)52(58)63)31-20-30-21-34(59)13-17-43(30)66-26-31)15-16-37-46(39)51(62)57(49(37)60)33-11-7-28(8-12-33)6-9-29-22-35(64-4)14-18-42(29)65-5/h6-15,17-19,21-23,25-26,37,39-40,46-47,59H,16,20,24H2,1-5H3. The highest BCUT2D eigenvalue weighted by molar-refractivity contribution is 7.22. The van der Waals surface area contributed by atoms with Crippen molar-refractivity contribution in [2.24, 2.45) is 42.1 Å². The number of nitrogens with zero attached hydrogens (tertiary/aromatic N) is 4. The monoisotopic (exact) mass is 932 g/mol. The van der Waals surface area contributed by atoms with Gasteiger partial charge in [0.2, 0.25) is 23.6 Å². The number of aryl methyl sites for hydroxylation is 2. The number of anilines is 2. The largest absolute Gasteiger partial charge is 0.508 e. The Morgan fingerprint density at radius 2 is 1.70 bits per heavy atom. The molecule has 3 fully saturated rings. The predicted molar refractivity (Wildman–Crippen MR) is 257 cm³/mol. The Hall–Kier alpha value is -6.96. The van der Waals surface area contributed by atoms with E-state index < -0.39 is 35.0 Å². The second-order valence-electron chi connectivity index (χ2n) is 18.2. The lowest BCUT2D eigenvalue weighted by Gasteiger charge is -2.49. The van der Waals surface area contributed by atoms with Gasteiger partial charge in [0.05, 0.1) is 54.2 Å². The molecular formula is C53H45ClN4O8S. The molecule has 2 aromatic heterocycles. The number of methoxy groups -OCH3 is 2. The number of benzene rings is 4. The number of phenols is 1. The van der Waals surface area contributed by atoms with Crippen molar-refractivity contribution in [1.82, 2.24) is 9.78 Å². The van der Waals surface area contributed by atoms with Gasteiger partial charge in [0, 0.05) is 46.3 Å². The molecule has 4 aromatic carbocycles. The van der Waals surface area contributed by atoms with Crippen LogP contribution in [-0.2, 0) is 32.6 Å². The van der Waals surface area contributed by atoms with Crippen LogP contribution in [0.2, 0.25) is 5.02 Å². The smallest absolute Gasteiger partial charge is 0.242 e. The normalized spacial score (nSPS) is 24.4. The quantitative estimate of drug-likeness (QED) is 0.0897. The number of thiophene rings is 1. The summed E-state index contributed by atoms with van der Waals surface area (Å²) in [6, 6.07) is 25.3. The highest BCUT2D eigenvalue weighted by Gasteiger charge is 2.68. The molecule has 2 aliphatic carbocycles. The number of phenolic OH excluding ortho intramolecular Hbond substituents is 1. The summed E-state index contributed by atoms with van der Waals surface area (Å²) in [6.07, 6.45) is 8.35. The molecule has 0 radical (unpaired) electrons. The zero-order valence-electron chi connectivity index (χ0n) is 37.3. The van der Waals surface area contributed by atoms with Crippen molar-refractivity contribution >= 4 is 80.3 Å². The molecule has 67 heavy (non-hydrogen) atoms. The first-order valence-electron chi connectivity index (χ1n) is 22.2. The molecule has 6 aromatic rings. The lowest BCUT2D eigenvalue weighted by molar-refractivity contribution is -0.132. The maximum atomic E-state index is 15.4. The van der Waals surface area contributed by atoms with Crippen molar-refractivity contribution in [2.45, 2.75) is 33.1 Å². The van der Waals surface area contributed by atoms with E-state index in [1.165, 1.54) is 9.80 Å². The van der Waals surface area contributed by atoms with Crippen LogP contribution < -0.4 is 24.0 Å².